The zero-order valence-corrected chi connectivity index (χ0v) is 17.3. The minimum Gasteiger partial charge on any atom is -0.322 e. The molecule has 170 valence electrons. The summed E-state index contributed by atoms with van der Waals surface area (Å²) in [6, 6.07) is 13.4. The molecular formula is C21H15F3N4O4S. The third kappa shape index (κ3) is 4.90. The molecule has 0 radical (unpaired) electrons. The zero-order chi connectivity index (χ0) is 23.8. The second-order valence-electron chi connectivity index (χ2n) is 7.00. The zero-order valence-electron chi connectivity index (χ0n) is 16.5. The Morgan fingerprint density at radius 2 is 1.55 bits per heavy atom. The number of halogens is 3. The van der Waals surface area contributed by atoms with Gasteiger partial charge in [-0.05, 0) is 60.7 Å². The summed E-state index contributed by atoms with van der Waals surface area (Å²) in [6.07, 6.45) is -4.61. The van der Waals surface area contributed by atoms with Crippen LogP contribution in [-0.4, -0.2) is 24.3 Å². The van der Waals surface area contributed by atoms with E-state index in [-0.39, 0.29) is 21.8 Å². The lowest BCUT2D eigenvalue weighted by atomic mass is 10.2. The predicted molar refractivity (Wildman–Crippen MR) is 116 cm³/mol. The van der Waals surface area contributed by atoms with Gasteiger partial charge in [0, 0.05) is 16.9 Å². The highest BCUT2D eigenvalue weighted by Crippen LogP contribution is 2.31. The van der Waals surface area contributed by atoms with E-state index in [0.29, 0.717) is 22.8 Å². The number of alkyl halides is 3. The van der Waals surface area contributed by atoms with Crippen molar-refractivity contribution in [3.05, 3.63) is 88.3 Å². The van der Waals surface area contributed by atoms with Gasteiger partial charge in [0.2, 0.25) is 0 Å². The Hall–Kier alpha value is -4.06. The van der Waals surface area contributed by atoms with Gasteiger partial charge >= 0.3 is 11.9 Å². The first-order chi connectivity index (χ1) is 15.5. The number of fused-ring (bicyclic) bond motifs is 1. The third-order valence-corrected chi connectivity index (χ3v) is 6.04. The molecule has 0 saturated heterocycles. The van der Waals surface area contributed by atoms with E-state index < -0.39 is 27.7 Å². The van der Waals surface area contributed by atoms with Crippen molar-refractivity contribution in [3.8, 4) is 0 Å². The maximum Gasteiger partial charge on any atom is 0.416 e. The molecule has 0 spiro atoms. The molecule has 4 aromatic rings. The van der Waals surface area contributed by atoms with Crippen LogP contribution < -0.4 is 15.7 Å². The van der Waals surface area contributed by atoms with Crippen molar-refractivity contribution < 1.29 is 26.4 Å². The second-order valence-corrected chi connectivity index (χ2v) is 8.68. The summed E-state index contributed by atoms with van der Waals surface area (Å²) in [6.45, 7) is 0. The van der Waals surface area contributed by atoms with E-state index in [1.165, 1.54) is 18.2 Å². The molecule has 4 rings (SSSR count). The average Bonchev–Trinajstić information content (AvgIpc) is 3.12. The number of hydrogen-bond donors (Lipinski definition) is 4. The van der Waals surface area contributed by atoms with E-state index in [4.69, 9.17) is 0 Å². The van der Waals surface area contributed by atoms with Gasteiger partial charge in [-0.1, -0.05) is 6.07 Å². The number of anilines is 2. The smallest absolute Gasteiger partial charge is 0.322 e. The molecule has 0 bridgehead atoms. The maximum absolute atomic E-state index is 12.8. The standard InChI is InChI=1S/C21H15F3N4O4S/c22-21(23,24)13-2-1-3-15(10-13)28-33(31,32)16-7-4-12(5-8-16)19(29)25-14-6-9-17-18(11-14)27-20(30)26-17/h1-11,28H,(H,25,29)(H2,26,27,30). The normalized spacial score (nSPS) is 12.0. The summed E-state index contributed by atoms with van der Waals surface area (Å²) < 4.78 is 65.7. The lowest BCUT2D eigenvalue weighted by molar-refractivity contribution is -0.137. The van der Waals surface area contributed by atoms with E-state index in [1.807, 2.05) is 0 Å². The summed E-state index contributed by atoms with van der Waals surface area (Å²) in [5.41, 5.74) is 0.00699. The number of nitrogens with one attached hydrogen (secondary N) is 4. The largest absolute Gasteiger partial charge is 0.416 e. The molecule has 0 aliphatic heterocycles. The number of aromatic amines is 2. The van der Waals surface area contributed by atoms with E-state index in [1.54, 1.807) is 18.2 Å². The Bertz CT molecular complexity index is 1510. The summed E-state index contributed by atoms with van der Waals surface area (Å²) in [4.78, 5) is 28.7. The first kappa shape index (κ1) is 22.1. The number of carbonyl (C=O) groups is 1. The van der Waals surface area contributed by atoms with E-state index in [9.17, 15) is 31.2 Å². The highest BCUT2D eigenvalue weighted by molar-refractivity contribution is 7.92. The Morgan fingerprint density at radius 1 is 0.848 bits per heavy atom. The second kappa shape index (κ2) is 8.13. The van der Waals surface area contributed by atoms with Gasteiger partial charge in [0.15, 0.2) is 0 Å². The Balaban J connectivity index is 1.49. The van der Waals surface area contributed by atoms with E-state index in [2.05, 4.69) is 20.0 Å². The topological polar surface area (TPSA) is 124 Å². The van der Waals surface area contributed by atoms with Crippen LogP contribution in [0, 0.1) is 0 Å². The maximum atomic E-state index is 12.8. The quantitative estimate of drug-likeness (QED) is 0.348. The third-order valence-electron chi connectivity index (χ3n) is 4.64. The molecule has 12 heteroatoms. The summed E-state index contributed by atoms with van der Waals surface area (Å²) >= 11 is 0. The van der Waals surface area contributed by atoms with Gasteiger partial charge in [0.25, 0.3) is 15.9 Å². The molecule has 33 heavy (non-hydrogen) atoms. The van der Waals surface area contributed by atoms with Gasteiger partial charge in [0.05, 0.1) is 21.5 Å². The molecule has 8 nitrogen and oxygen atoms in total. The van der Waals surface area contributed by atoms with Crippen molar-refractivity contribution in [2.24, 2.45) is 0 Å². The van der Waals surface area contributed by atoms with Gasteiger partial charge in [-0.2, -0.15) is 13.2 Å². The van der Waals surface area contributed by atoms with Crippen LogP contribution in [0.25, 0.3) is 11.0 Å². The number of rotatable bonds is 5. The van der Waals surface area contributed by atoms with Crippen molar-refractivity contribution in [2.45, 2.75) is 11.1 Å². The van der Waals surface area contributed by atoms with Crippen LogP contribution in [0.4, 0.5) is 24.5 Å². The number of aromatic nitrogens is 2. The number of benzene rings is 3. The monoisotopic (exact) mass is 476 g/mol. The van der Waals surface area contributed by atoms with Crippen molar-refractivity contribution >= 4 is 38.3 Å². The fourth-order valence-electron chi connectivity index (χ4n) is 3.07. The number of imidazole rings is 1. The SMILES string of the molecule is O=C(Nc1ccc2[nH]c(=O)[nH]c2c1)c1ccc(S(=O)(=O)Nc2cccc(C(F)(F)F)c2)cc1. The minimum absolute atomic E-state index is 0.149. The van der Waals surface area contributed by atoms with Crippen LogP contribution in [-0.2, 0) is 16.2 Å². The van der Waals surface area contributed by atoms with Gasteiger partial charge in [-0.15, -0.1) is 0 Å². The lowest BCUT2D eigenvalue weighted by Gasteiger charge is -2.12. The molecule has 0 aliphatic carbocycles. The number of carbonyl (C=O) groups excluding carboxylic acids is 1. The summed E-state index contributed by atoms with van der Waals surface area (Å²) in [5.74, 6) is -0.526. The van der Waals surface area contributed by atoms with Crippen molar-refractivity contribution in [3.63, 3.8) is 0 Å². The Morgan fingerprint density at radius 3 is 2.24 bits per heavy atom. The van der Waals surface area contributed by atoms with E-state index >= 15 is 0 Å². The first-order valence-electron chi connectivity index (χ1n) is 9.35. The molecule has 0 aliphatic rings. The number of hydrogen-bond acceptors (Lipinski definition) is 4. The summed E-state index contributed by atoms with van der Waals surface area (Å²) in [7, 11) is -4.19. The van der Waals surface area contributed by atoms with Gasteiger partial charge in [-0.3, -0.25) is 9.52 Å². The Labute approximate surface area is 184 Å². The lowest BCUT2D eigenvalue weighted by Crippen LogP contribution is -2.15. The van der Waals surface area contributed by atoms with Crippen LogP contribution >= 0.6 is 0 Å². The van der Waals surface area contributed by atoms with Crippen LogP contribution in [0.1, 0.15) is 15.9 Å². The first-order valence-corrected chi connectivity index (χ1v) is 10.8. The number of amides is 1. The molecule has 1 amide bonds. The highest BCUT2D eigenvalue weighted by Gasteiger charge is 2.30. The molecule has 0 unspecified atom stereocenters. The molecular weight excluding hydrogens is 461 g/mol. The predicted octanol–water partition coefficient (Wildman–Crippen LogP) is 3.93. The van der Waals surface area contributed by atoms with Crippen LogP contribution in [0.15, 0.2) is 76.4 Å². The van der Waals surface area contributed by atoms with Gasteiger partial charge < -0.3 is 15.3 Å². The molecule has 1 heterocycles. The Kier molecular flexibility index (Phi) is 5.46. The van der Waals surface area contributed by atoms with Gasteiger partial charge in [0.1, 0.15) is 0 Å². The fraction of sp³-hybridized carbons (Fsp3) is 0.0476. The minimum atomic E-state index is -4.61. The van der Waals surface area contributed by atoms with Crippen molar-refractivity contribution in [2.75, 3.05) is 10.0 Å². The summed E-state index contributed by atoms with van der Waals surface area (Å²) in [5, 5.41) is 2.63. The highest BCUT2D eigenvalue weighted by atomic mass is 32.2. The molecule has 4 N–H and O–H groups in total. The molecule has 0 atom stereocenters. The molecule has 0 fully saturated rings. The average molecular weight is 476 g/mol. The van der Waals surface area contributed by atoms with Crippen LogP contribution in [0.3, 0.4) is 0 Å². The molecule has 3 aromatic carbocycles. The molecule has 0 saturated carbocycles. The van der Waals surface area contributed by atoms with Crippen LogP contribution in [0.2, 0.25) is 0 Å². The van der Waals surface area contributed by atoms with Gasteiger partial charge in [-0.25, -0.2) is 13.2 Å². The molecule has 1 aromatic heterocycles. The van der Waals surface area contributed by atoms with Crippen LogP contribution in [0.5, 0.6) is 0 Å². The van der Waals surface area contributed by atoms with Crippen molar-refractivity contribution in [1.29, 1.82) is 0 Å². The van der Waals surface area contributed by atoms with E-state index in [0.717, 1.165) is 24.3 Å². The number of H-pyrrole nitrogens is 2. The van der Waals surface area contributed by atoms with Crippen molar-refractivity contribution in [1.82, 2.24) is 9.97 Å². The number of sulfonamides is 1. The fourth-order valence-corrected chi connectivity index (χ4v) is 4.12.